The van der Waals surface area contributed by atoms with E-state index in [-0.39, 0.29) is 17.7 Å². The fourth-order valence-electron chi connectivity index (χ4n) is 7.01. The lowest BCUT2D eigenvalue weighted by Gasteiger charge is -2.40. The van der Waals surface area contributed by atoms with Crippen molar-refractivity contribution in [1.29, 1.82) is 5.26 Å². The summed E-state index contributed by atoms with van der Waals surface area (Å²) in [7, 11) is 0. The lowest BCUT2D eigenvalue weighted by atomic mass is 9.84. The van der Waals surface area contributed by atoms with E-state index in [1.165, 1.54) is 56.2 Å². The number of rotatable bonds is 13. The molecule has 3 heterocycles. The van der Waals surface area contributed by atoms with Gasteiger partial charge in [-0.15, -0.1) is 11.3 Å². The summed E-state index contributed by atoms with van der Waals surface area (Å²) >= 11 is 6.78. The first-order valence-electron chi connectivity index (χ1n) is 14.9. The van der Waals surface area contributed by atoms with E-state index in [2.05, 4.69) is 47.1 Å². The highest BCUT2D eigenvalue weighted by Crippen LogP contribution is 2.41. The summed E-state index contributed by atoms with van der Waals surface area (Å²) in [5, 5.41) is 12.6. The molecule has 2 aliphatic heterocycles. The Kier molecular flexibility index (Phi) is 11.0. The lowest BCUT2D eigenvalue weighted by Crippen LogP contribution is -2.46. The molecule has 0 aromatic carbocycles. The molecule has 6 nitrogen and oxygen atoms in total. The zero-order valence-corrected chi connectivity index (χ0v) is 25.1. The Labute approximate surface area is 239 Å². The number of hydrogen-bond donors (Lipinski definition) is 3. The van der Waals surface area contributed by atoms with Crippen LogP contribution < -0.4 is 16.2 Å². The number of carbonyl (C=O) groups excluding carboxylic acids is 1. The summed E-state index contributed by atoms with van der Waals surface area (Å²) in [6, 6.07) is 8.16. The largest absolute Gasteiger partial charge is 0.355 e. The van der Waals surface area contributed by atoms with Gasteiger partial charge < -0.3 is 10.7 Å². The van der Waals surface area contributed by atoms with Gasteiger partial charge in [-0.1, -0.05) is 38.9 Å². The van der Waals surface area contributed by atoms with Gasteiger partial charge in [0.05, 0.1) is 4.99 Å². The molecule has 3 unspecified atom stereocenters. The Bertz CT molecular complexity index is 952. The number of piperidine rings is 1. The number of thiophene rings is 1. The van der Waals surface area contributed by atoms with E-state index >= 15 is 0 Å². The molecule has 1 saturated carbocycles. The van der Waals surface area contributed by atoms with Crippen molar-refractivity contribution < 1.29 is 4.79 Å². The third-order valence-corrected chi connectivity index (χ3v) is 10.5. The smallest absolute Gasteiger partial charge is 0.223 e. The molecule has 1 amide bonds. The Morgan fingerprint density at radius 3 is 2.47 bits per heavy atom. The van der Waals surface area contributed by atoms with Gasteiger partial charge in [-0.25, -0.2) is 5.43 Å². The molecule has 4 atom stereocenters. The van der Waals surface area contributed by atoms with Crippen molar-refractivity contribution in [1.82, 2.24) is 21.1 Å². The third kappa shape index (κ3) is 8.00. The molecule has 4 rings (SSSR count). The summed E-state index contributed by atoms with van der Waals surface area (Å²) in [5.41, 5.74) is 6.61. The van der Waals surface area contributed by atoms with Crippen LogP contribution in [0.25, 0.3) is 0 Å². The van der Waals surface area contributed by atoms with Crippen molar-refractivity contribution in [3.05, 3.63) is 21.9 Å². The maximum Gasteiger partial charge on any atom is 0.223 e. The summed E-state index contributed by atoms with van der Waals surface area (Å²) in [5.74, 6) is 2.08. The Hall–Kier alpha value is -1.53. The Morgan fingerprint density at radius 1 is 1.16 bits per heavy atom. The van der Waals surface area contributed by atoms with Crippen molar-refractivity contribution in [3.8, 4) is 6.07 Å². The normalized spacial score (nSPS) is 25.3. The molecule has 2 saturated heterocycles. The Morgan fingerprint density at radius 2 is 1.87 bits per heavy atom. The SMILES string of the molecule is CC(=S)NNC(CCC1CC2CCC(C1)N2CC[C@H](CNC(=O)C1CCCC1)c1ccc(C#N)s1)C(C)C. The number of carbonyl (C=O) groups is 1. The van der Waals surface area contributed by atoms with Gasteiger partial charge >= 0.3 is 0 Å². The van der Waals surface area contributed by atoms with Crippen molar-refractivity contribution in [3.63, 3.8) is 0 Å². The van der Waals surface area contributed by atoms with Crippen molar-refractivity contribution in [2.45, 2.75) is 115 Å². The van der Waals surface area contributed by atoms with Gasteiger partial charge in [0, 0.05) is 41.4 Å². The maximum atomic E-state index is 12.7. The number of nitrogens with zero attached hydrogens (tertiary/aromatic N) is 2. The molecule has 3 aliphatic rings. The summed E-state index contributed by atoms with van der Waals surface area (Å²) < 4.78 is 0. The molecule has 3 fully saturated rings. The quantitative estimate of drug-likeness (QED) is 0.207. The molecule has 0 spiro atoms. The topological polar surface area (TPSA) is 80.2 Å². The standard InChI is InChI=1S/C30H47N5OS2/c1-20(2)28(34-33-21(3)37)12-8-22-16-25-9-10-26(17-22)35(25)15-14-24(29-13-11-27(18-31)38-29)19-32-30(36)23-6-4-5-7-23/h11,13,20,22-26,28,34H,4-10,12,14-17,19H2,1-3H3,(H,32,36)(H,33,37)/t22?,24-,25?,26?,28?/m1/s1. The minimum atomic E-state index is 0.198. The van der Waals surface area contributed by atoms with Crippen LogP contribution in [0.4, 0.5) is 0 Å². The minimum absolute atomic E-state index is 0.198. The zero-order valence-electron chi connectivity index (χ0n) is 23.5. The second kappa shape index (κ2) is 14.2. The van der Waals surface area contributed by atoms with Crippen LogP contribution in [0.1, 0.15) is 107 Å². The lowest BCUT2D eigenvalue weighted by molar-refractivity contribution is -0.124. The molecular weight excluding hydrogens is 510 g/mol. The molecule has 3 N–H and O–H groups in total. The fraction of sp³-hybridized carbons (Fsp3) is 0.767. The molecule has 0 radical (unpaired) electrons. The van der Waals surface area contributed by atoms with Gasteiger partial charge in [0.2, 0.25) is 5.91 Å². The highest BCUT2D eigenvalue weighted by molar-refractivity contribution is 7.80. The van der Waals surface area contributed by atoms with Crippen molar-refractivity contribution in [2.24, 2.45) is 17.8 Å². The second-order valence-electron chi connectivity index (χ2n) is 12.2. The number of nitriles is 1. The average Bonchev–Trinajstić information content (AvgIpc) is 3.64. The van der Waals surface area contributed by atoms with Crippen LogP contribution in [0.5, 0.6) is 0 Å². The first-order chi connectivity index (χ1) is 18.3. The molecule has 38 heavy (non-hydrogen) atoms. The molecule has 8 heteroatoms. The van der Waals surface area contributed by atoms with Gasteiger partial charge in [0.1, 0.15) is 10.9 Å². The van der Waals surface area contributed by atoms with Gasteiger partial charge in [-0.3, -0.25) is 9.69 Å². The number of hydrogen-bond acceptors (Lipinski definition) is 6. The first kappa shape index (κ1) is 29.5. The van der Waals surface area contributed by atoms with Crippen LogP contribution in [0, 0.1) is 29.1 Å². The third-order valence-electron chi connectivity index (χ3n) is 9.23. The summed E-state index contributed by atoms with van der Waals surface area (Å²) in [6.45, 7) is 8.25. The molecule has 1 aromatic heterocycles. The van der Waals surface area contributed by atoms with Crippen molar-refractivity contribution >= 4 is 34.5 Å². The molecule has 1 aromatic rings. The monoisotopic (exact) mass is 557 g/mol. The second-order valence-corrected chi connectivity index (χ2v) is 14.0. The molecule has 1 aliphatic carbocycles. The van der Waals surface area contributed by atoms with Gasteiger partial charge in [-0.2, -0.15) is 5.26 Å². The maximum absolute atomic E-state index is 12.7. The van der Waals surface area contributed by atoms with Gasteiger partial charge in [-0.05, 0) is 95.2 Å². The van der Waals surface area contributed by atoms with E-state index in [9.17, 15) is 10.1 Å². The van der Waals surface area contributed by atoms with Crippen molar-refractivity contribution in [2.75, 3.05) is 13.1 Å². The van der Waals surface area contributed by atoms with E-state index in [4.69, 9.17) is 12.2 Å². The Balaban J connectivity index is 1.30. The predicted molar refractivity (Wildman–Crippen MR) is 160 cm³/mol. The van der Waals surface area contributed by atoms with E-state index in [1.807, 2.05) is 13.0 Å². The van der Waals surface area contributed by atoms with Crippen LogP contribution in [-0.2, 0) is 4.79 Å². The summed E-state index contributed by atoms with van der Waals surface area (Å²) in [4.78, 5) is 18.3. The zero-order chi connectivity index (χ0) is 27.1. The molecule has 2 bridgehead atoms. The number of hydrazine groups is 1. The van der Waals surface area contributed by atoms with Gasteiger partial charge in [0.25, 0.3) is 0 Å². The van der Waals surface area contributed by atoms with Crippen LogP contribution in [0.15, 0.2) is 12.1 Å². The summed E-state index contributed by atoms with van der Waals surface area (Å²) in [6.07, 6.45) is 13.2. The van der Waals surface area contributed by atoms with Gasteiger partial charge in [0.15, 0.2) is 0 Å². The number of fused-ring (bicyclic) bond motifs is 2. The predicted octanol–water partition coefficient (Wildman–Crippen LogP) is 5.89. The van der Waals surface area contributed by atoms with Crippen LogP contribution in [-0.4, -0.2) is 47.0 Å². The number of thiocarbonyl (C=S) groups is 1. The minimum Gasteiger partial charge on any atom is -0.355 e. The van der Waals surface area contributed by atoms with E-state index < -0.39 is 0 Å². The molecular formula is C30H47N5OS2. The van der Waals surface area contributed by atoms with Crippen LogP contribution in [0.2, 0.25) is 0 Å². The number of amides is 1. The van der Waals surface area contributed by atoms with Crippen LogP contribution >= 0.6 is 23.6 Å². The molecule has 210 valence electrons. The van der Waals surface area contributed by atoms with E-state index in [0.717, 1.165) is 41.6 Å². The highest BCUT2D eigenvalue weighted by Gasteiger charge is 2.40. The van der Waals surface area contributed by atoms with Crippen LogP contribution in [0.3, 0.4) is 0 Å². The highest BCUT2D eigenvalue weighted by atomic mass is 32.1. The van der Waals surface area contributed by atoms with E-state index in [0.29, 0.717) is 30.6 Å². The average molecular weight is 558 g/mol. The first-order valence-corrected chi connectivity index (χ1v) is 16.1. The van der Waals surface area contributed by atoms with E-state index in [1.54, 1.807) is 11.3 Å². The fourth-order valence-corrected chi connectivity index (χ4v) is 8.01. The number of nitrogens with one attached hydrogen (secondary N) is 3.